The van der Waals surface area contributed by atoms with Crippen molar-refractivity contribution in [3.8, 4) is 23.0 Å². The number of halogens is 2. The fourth-order valence-corrected chi connectivity index (χ4v) is 2.24. The lowest BCUT2D eigenvalue weighted by Gasteiger charge is -2.06. The second-order valence-electron chi connectivity index (χ2n) is 5.30. The van der Waals surface area contributed by atoms with E-state index in [1.807, 2.05) is 13.0 Å². The number of ether oxygens (including phenoxy) is 1. The number of aromatic nitrogens is 2. The molecule has 0 unspecified atom stereocenters. The van der Waals surface area contributed by atoms with Crippen LogP contribution in [0.25, 0.3) is 11.5 Å². The van der Waals surface area contributed by atoms with E-state index in [9.17, 15) is 13.9 Å². The zero-order valence-corrected chi connectivity index (χ0v) is 13.2. The van der Waals surface area contributed by atoms with E-state index in [2.05, 4.69) is 20.3 Å². The molecule has 1 heterocycles. The van der Waals surface area contributed by atoms with E-state index >= 15 is 0 Å². The number of nitrogens with one attached hydrogen (secondary N) is 1. The van der Waals surface area contributed by atoms with Crippen LogP contribution < -0.4 is 10.1 Å². The van der Waals surface area contributed by atoms with E-state index in [0.717, 1.165) is 5.56 Å². The molecule has 0 aliphatic heterocycles. The number of hydrogen-bond acceptors (Lipinski definition) is 6. The van der Waals surface area contributed by atoms with E-state index in [1.165, 1.54) is 12.1 Å². The Labute approximate surface area is 142 Å². The zero-order chi connectivity index (χ0) is 17.8. The van der Waals surface area contributed by atoms with Crippen molar-refractivity contribution in [2.75, 3.05) is 5.32 Å². The summed E-state index contributed by atoms with van der Waals surface area (Å²) in [7, 11) is 0. The van der Waals surface area contributed by atoms with Gasteiger partial charge in [-0.1, -0.05) is 28.9 Å². The number of phenolic OH excluding ortho intramolecular Hbond substituents is 1. The first-order chi connectivity index (χ1) is 12.0. The molecule has 2 aromatic carbocycles. The third kappa shape index (κ3) is 4.23. The molecule has 25 heavy (non-hydrogen) atoms. The summed E-state index contributed by atoms with van der Waals surface area (Å²) in [5.74, 6) is 0.329. The van der Waals surface area contributed by atoms with Crippen LogP contribution in [0.2, 0.25) is 0 Å². The molecular formula is C17H15F2N3O3. The van der Waals surface area contributed by atoms with Crippen molar-refractivity contribution in [2.45, 2.75) is 20.1 Å². The van der Waals surface area contributed by atoms with E-state index in [1.54, 1.807) is 24.3 Å². The lowest BCUT2D eigenvalue weighted by molar-refractivity contribution is -0.0498. The SMILES string of the molecule is Cc1ccc(O)c(CNc2nnc(-c3cccc(OC(F)F)c3)o2)c1. The van der Waals surface area contributed by atoms with E-state index < -0.39 is 6.61 Å². The Morgan fingerprint density at radius 1 is 1.20 bits per heavy atom. The minimum atomic E-state index is -2.91. The lowest BCUT2D eigenvalue weighted by Crippen LogP contribution is -2.01. The number of phenols is 1. The summed E-state index contributed by atoms with van der Waals surface area (Å²) in [5, 5.41) is 20.5. The van der Waals surface area contributed by atoms with E-state index in [4.69, 9.17) is 4.42 Å². The largest absolute Gasteiger partial charge is 0.508 e. The van der Waals surface area contributed by atoms with Crippen LogP contribution in [-0.2, 0) is 6.54 Å². The van der Waals surface area contributed by atoms with Crippen LogP contribution in [-0.4, -0.2) is 21.9 Å². The molecule has 3 aromatic rings. The smallest absolute Gasteiger partial charge is 0.387 e. The maximum Gasteiger partial charge on any atom is 0.387 e. The van der Waals surface area contributed by atoms with Gasteiger partial charge in [0.15, 0.2) is 0 Å². The third-order valence-electron chi connectivity index (χ3n) is 3.40. The number of anilines is 1. The molecule has 1 aromatic heterocycles. The topological polar surface area (TPSA) is 80.4 Å². The minimum absolute atomic E-state index is 0.00453. The zero-order valence-electron chi connectivity index (χ0n) is 13.2. The normalized spacial score (nSPS) is 10.9. The molecule has 0 atom stereocenters. The molecule has 3 rings (SSSR count). The highest BCUT2D eigenvalue weighted by Gasteiger charge is 2.11. The number of nitrogens with zero attached hydrogens (tertiary/aromatic N) is 2. The molecule has 0 saturated heterocycles. The number of alkyl halides is 2. The molecule has 8 heteroatoms. The van der Waals surface area contributed by atoms with Crippen LogP contribution >= 0.6 is 0 Å². The summed E-state index contributed by atoms with van der Waals surface area (Å²) < 4.78 is 34.4. The molecular weight excluding hydrogens is 332 g/mol. The summed E-state index contributed by atoms with van der Waals surface area (Å²) >= 11 is 0. The van der Waals surface area contributed by atoms with Crippen molar-refractivity contribution in [1.29, 1.82) is 0 Å². The first kappa shape index (κ1) is 16.7. The van der Waals surface area contributed by atoms with Crippen LogP contribution in [0.3, 0.4) is 0 Å². The fourth-order valence-electron chi connectivity index (χ4n) is 2.24. The Morgan fingerprint density at radius 2 is 2.04 bits per heavy atom. The van der Waals surface area contributed by atoms with Crippen LogP contribution in [0.4, 0.5) is 14.8 Å². The first-order valence-electron chi connectivity index (χ1n) is 7.42. The van der Waals surface area contributed by atoms with Gasteiger partial charge in [0.1, 0.15) is 11.5 Å². The van der Waals surface area contributed by atoms with Gasteiger partial charge in [-0.15, -0.1) is 5.10 Å². The Kier molecular flexibility index (Phi) is 4.78. The number of rotatable bonds is 6. The molecule has 0 fully saturated rings. The second-order valence-corrected chi connectivity index (χ2v) is 5.30. The maximum absolute atomic E-state index is 12.3. The summed E-state index contributed by atoms with van der Waals surface area (Å²) in [4.78, 5) is 0. The third-order valence-corrected chi connectivity index (χ3v) is 3.40. The van der Waals surface area contributed by atoms with Crippen molar-refractivity contribution in [1.82, 2.24) is 10.2 Å². The maximum atomic E-state index is 12.3. The summed E-state index contributed by atoms with van der Waals surface area (Å²) in [6, 6.07) is 11.4. The van der Waals surface area contributed by atoms with E-state index in [0.29, 0.717) is 17.7 Å². The van der Waals surface area contributed by atoms with Gasteiger partial charge >= 0.3 is 12.6 Å². The van der Waals surface area contributed by atoms with Crippen molar-refractivity contribution >= 4 is 6.01 Å². The van der Waals surface area contributed by atoms with Crippen molar-refractivity contribution in [3.05, 3.63) is 53.6 Å². The van der Waals surface area contributed by atoms with Crippen LogP contribution in [0.5, 0.6) is 11.5 Å². The molecule has 130 valence electrons. The van der Waals surface area contributed by atoms with Crippen LogP contribution in [0.15, 0.2) is 46.9 Å². The summed E-state index contributed by atoms with van der Waals surface area (Å²) in [5.41, 5.74) is 2.15. The van der Waals surface area contributed by atoms with Gasteiger partial charge in [-0.05, 0) is 31.2 Å². The van der Waals surface area contributed by atoms with Gasteiger partial charge in [0.2, 0.25) is 5.89 Å². The Balaban J connectivity index is 1.71. The molecule has 0 aliphatic carbocycles. The van der Waals surface area contributed by atoms with Crippen molar-refractivity contribution in [3.63, 3.8) is 0 Å². The van der Waals surface area contributed by atoms with Crippen LogP contribution in [0, 0.1) is 6.92 Å². The van der Waals surface area contributed by atoms with E-state index in [-0.39, 0.29) is 23.4 Å². The molecule has 0 aliphatic rings. The van der Waals surface area contributed by atoms with Gasteiger partial charge in [-0.3, -0.25) is 0 Å². The molecule has 0 radical (unpaired) electrons. The molecule has 2 N–H and O–H groups in total. The molecule has 0 amide bonds. The van der Waals surface area contributed by atoms with Gasteiger partial charge in [-0.25, -0.2) is 0 Å². The van der Waals surface area contributed by atoms with Gasteiger partial charge in [0.25, 0.3) is 0 Å². The highest BCUT2D eigenvalue weighted by molar-refractivity contribution is 5.56. The molecule has 6 nitrogen and oxygen atoms in total. The molecule has 0 bridgehead atoms. The highest BCUT2D eigenvalue weighted by Crippen LogP contribution is 2.25. The summed E-state index contributed by atoms with van der Waals surface area (Å²) in [6.45, 7) is -0.691. The number of benzene rings is 2. The highest BCUT2D eigenvalue weighted by atomic mass is 19.3. The van der Waals surface area contributed by atoms with Gasteiger partial charge < -0.3 is 19.6 Å². The predicted molar refractivity (Wildman–Crippen MR) is 86.5 cm³/mol. The Morgan fingerprint density at radius 3 is 2.84 bits per heavy atom. The average Bonchev–Trinajstić information content (AvgIpc) is 3.04. The first-order valence-corrected chi connectivity index (χ1v) is 7.42. The van der Waals surface area contributed by atoms with Gasteiger partial charge in [0, 0.05) is 17.7 Å². The second kappa shape index (κ2) is 7.16. The summed E-state index contributed by atoms with van der Waals surface area (Å²) in [6.07, 6.45) is 0. The Bertz CT molecular complexity index is 868. The average molecular weight is 347 g/mol. The molecule has 0 saturated carbocycles. The molecule has 0 spiro atoms. The minimum Gasteiger partial charge on any atom is -0.508 e. The predicted octanol–water partition coefficient (Wildman–Crippen LogP) is 3.96. The van der Waals surface area contributed by atoms with Crippen LogP contribution in [0.1, 0.15) is 11.1 Å². The number of aromatic hydroxyl groups is 1. The number of aryl methyl sites for hydroxylation is 1. The van der Waals surface area contributed by atoms with Gasteiger partial charge in [0.05, 0.1) is 0 Å². The van der Waals surface area contributed by atoms with Crippen molar-refractivity contribution in [2.24, 2.45) is 0 Å². The van der Waals surface area contributed by atoms with Gasteiger partial charge in [-0.2, -0.15) is 8.78 Å². The fraction of sp³-hybridized carbons (Fsp3) is 0.176. The lowest BCUT2D eigenvalue weighted by atomic mass is 10.1. The quantitative estimate of drug-likeness (QED) is 0.702. The van der Waals surface area contributed by atoms with Crippen molar-refractivity contribution < 1.29 is 23.0 Å². The monoisotopic (exact) mass is 347 g/mol. The Hall–Kier alpha value is -3.16. The standard InChI is InChI=1S/C17H15F2N3O3/c1-10-5-6-14(23)12(7-10)9-20-17-22-21-15(25-17)11-3-2-4-13(8-11)24-16(18)19/h2-8,16,23H,9H2,1H3,(H,20,22). The number of hydrogen-bond donors (Lipinski definition) is 2.